The SMILES string of the molecule is CO[C@@H]1C[C@@H](C[C@@H](C)[C@@H]2CC[C@H](C)/C=C(\C)[C@@H](O)[C@@H](OC)C(=O)[C@H](C)C[C@H](C)/C=C/C=C/C=C(\C)[C@H](NS(=O)(=O)c3cccc(F)c3)C[C@@H]3CC[C@@H](C)[C@@](O)(O3)C(=O)C(=O)N3CCCC[C@H]3C(=O)O2)CC[C@H]1O. The number of halogens is 1. The van der Waals surface area contributed by atoms with E-state index in [1.54, 1.807) is 46.1 Å². The molecule has 5 rings (SSSR count). The van der Waals surface area contributed by atoms with Crippen LogP contribution < -0.4 is 4.72 Å². The van der Waals surface area contributed by atoms with Crippen molar-refractivity contribution in [1.82, 2.24) is 9.62 Å². The maximum Gasteiger partial charge on any atom is 0.329 e. The fraction of sp³-hybridized carbons (Fsp3) is 0.679. The minimum Gasteiger partial charge on any atom is -0.461 e. The van der Waals surface area contributed by atoms with Crippen molar-refractivity contribution in [3.05, 3.63) is 77.7 Å². The highest BCUT2D eigenvalue weighted by Crippen LogP contribution is 2.38. The summed E-state index contributed by atoms with van der Waals surface area (Å²) in [6.07, 6.45) is 11.9. The van der Waals surface area contributed by atoms with Gasteiger partial charge in [-0.3, -0.25) is 14.4 Å². The van der Waals surface area contributed by atoms with Crippen molar-refractivity contribution in [3.63, 3.8) is 0 Å². The molecule has 3 aliphatic heterocycles. The number of aliphatic hydroxyl groups excluding tert-OH is 2. The largest absolute Gasteiger partial charge is 0.461 e. The number of fused-ring (bicyclic) bond motifs is 3. The third-order valence-corrected chi connectivity index (χ3v) is 17.2. The second kappa shape index (κ2) is 27.2. The smallest absolute Gasteiger partial charge is 0.329 e. The molecule has 15 nitrogen and oxygen atoms in total. The van der Waals surface area contributed by atoms with Crippen LogP contribution in [0.15, 0.2) is 76.8 Å². The number of piperidine rings is 1. The summed E-state index contributed by atoms with van der Waals surface area (Å²) < 4.78 is 68.3. The number of nitrogens with zero attached hydrogens (tertiary/aromatic N) is 1. The lowest BCUT2D eigenvalue weighted by Crippen LogP contribution is -2.61. The van der Waals surface area contributed by atoms with E-state index in [4.69, 9.17) is 18.9 Å². The molecule has 4 N–H and O–H groups in total. The lowest BCUT2D eigenvalue weighted by Gasteiger charge is -2.43. The summed E-state index contributed by atoms with van der Waals surface area (Å²) in [5.41, 5.74) is 1.09. The van der Waals surface area contributed by atoms with E-state index in [2.05, 4.69) is 4.72 Å². The Balaban J connectivity index is 1.50. The van der Waals surface area contributed by atoms with Gasteiger partial charge in [-0.05, 0) is 145 Å². The van der Waals surface area contributed by atoms with Gasteiger partial charge >= 0.3 is 5.97 Å². The average molecular weight is 1040 g/mol. The number of amides is 1. The van der Waals surface area contributed by atoms with Gasteiger partial charge in [0.15, 0.2) is 5.78 Å². The quantitative estimate of drug-likeness (QED) is 0.113. The minimum atomic E-state index is -4.32. The Labute approximate surface area is 433 Å². The average Bonchev–Trinajstić information content (AvgIpc) is 3.35. The Bertz CT molecular complexity index is 2280. The summed E-state index contributed by atoms with van der Waals surface area (Å²) in [6, 6.07) is 2.48. The van der Waals surface area contributed by atoms with E-state index in [-0.39, 0.29) is 66.3 Å². The highest BCUT2D eigenvalue weighted by atomic mass is 32.2. The third-order valence-electron chi connectivity index (χ3n) is 15.7. The third kappa shape index (κ3) is 16.0. The first kappa shape index (κ1) is 59.9. The Morgan fingerprint density at radius 3 is 2.32 bits per heavy atom. The lowest BCUT2D eigenvalue weighted by atomic mass is 9.78. The number of allylic oxidation sites excluding steroid dienone is 6. The van der Waals surface area contributed by atoms with Crippen molar-refractivity contribution in [2.75, 3.05) is 20.8 Å². The zero-order valence-electron chi connectivity index (χ0n) is 44.4. The highest BCUT2D eigenvalue weighted by molar-refractivity contribution is 7.89. The number of cyclic esters (lactones) is 1. The lowest BCUT2D eigenvalue weighted by molar-refractivity contribution is -0.264. The number of Topliss-reactive ketones (excluding diaryl/α,β-unsaturated/α-hetero) is 2. The number of benzene rings is 1. The highest BCUT2D eigenvalue weighted by Gasteiger charge is 2.53. The zero-order valence-corrected chi connectivity index (χ0v) is 45.2. The Morgan fingerprint density at radius 1 is 0.877 bits per heavy atom. The number of nitrogens with one attached hydrogen (secondary N) is 1. The van der Waals surface area contributed by atoms with Crippen LogP contribution in [-0.4, -0.2) is 127 Å². The topological polar surface area (TPSA) is 215 Å². The van der Waals surface area contributed by atoms with Gasteiger partial charge in [0.2, 0.25) is 15.8 Å². The molecule has 0 unspecified atom stereocenters. The molecule has 1 saturated carbocycles. The van der Waals surface area contributed by atoms with Gasteiger partial charge in [-0.25, -0.2) is 22.3 Å². The van der Waals surface area contributed by atoms with E-state index in [0.717, 1.165) is 18.6 Å². The van der Waals surface area contributed by atoms with E-state index >= 15 is 0 Å². The number of sulfonamides is 1. The monoisotopic (exact) mass is 1040 g/mol. The fourth-order valence-corrected chi connectivity index (χ4v) is 12.4. The van der Waals surface area contributed by atoms with Gasteiger partial charge in [-0.1, -0.05) is 82.7 Å². The van der Waals surface area contributed by atoms with Crippen LogP contribution in [-0.2, 0) is 48.1 Å². The van der Waals surface area contributed by atoms with Crippen molar-refractivity contribution in [2.24, 2.45) is 35.5 Å². The first-order chi connectivity index (χ1) is 34.5. The molecule has 15 atom stereocenters. The summed E-state index contributed by atoms with van der Waals surface area (Å²) in [5.74, 6) is -8.04. The molecule has 3 fully saturated rings. The van der Waals surface area contributed by atoms with E-state index in [1.165, 1.54) is 24.1 Å². The maximum atomic E-state index is 14.5. The van der Waals surface area contributed by atoms with E-state index < -0.39 is 93.7 Å². The second-order valence-corrected chi connectivity index (χ2v) is 23.3. The number of carbonyl (C=O) groups excluding carboxylic acids is 4. The summed E-state index contributed by atoms with van der Waals surface area (Å²) in [4.78, 5) is 58.1. The molecule has 1 aliphatic carbocycles. The molecular weight excluding hydrogens is 960 g/mol. The molecule has 1 amide bonds. The first-order valence-corrected chi connectivity index (χ1v) is 27.9. The van der Waals surface area contributed by atoms with Crippen LogP contribution in [0.5, 0.6) is 0 Å². The maximum absolute atomic E-state index is 14.5. The summed E-state index contributed by atoms with van der Waals surface area (Å²) in [5, 5.41) is 34.2. The van der Waals surface area contributed by atoms with Gasteiger partial charge in [-0.15, -0.1) is 0 Å². The molecule has 408 valence electrons. The molecule has 2 saturated heterocycles. The molecule has 73 heavy (non-hydrogen) atoms. The molecule has 0 radical (unpaired) electrons. The first-order valence-electron chi connectivity index (χ1n) is 26.4. The molecule has 2 bridgehead atoms. The van der Waals surface area contributed by atoms with Crippen molar-refractivity contribution < 1.29 is 66.3 Å². The number of ketones is 2. The number of hydrogen-bond acceptors (Lipinski definition) is 13. The zero-order chi connectivity index (χ0) is 53.8. The minimum absolute atomic E-state index is 0.0580. The van der Waals surface area contributed by atoms with E-state index in [0.29, 0.717) is 68.9 Å². The predicted molar refractivity (Wildman–Crippen MR) is 274 cm³/mol. The fourth-order valence-electron chi connectivity index (χ4n) is 11.1. The van der Waals surface area contributed by atoms with E-state index in [9.17, 15) is 47.3 Å². The van der Waals surface area contributed by atoms with Crippen LogP contribution in [0.4, 0.5) is 4.39 Å². The molecule has 0 spiro atoms. The number of ether oxygens (including phenoxy) is 4. The summed E-state index contributed by atoms with van der Waals surface area (Å²) >= 11 is 0. The van der Waals surface area contributed by atoms with Crippen LogP contribution >= 0.6 is 0 Å². The standard InChI is InChI=1S/C56H83FN2O13S/c1-34-16-11-10-12-17-36(3)45(58-73(67,68)44-19-15-18-42(57)32-44)33-43-24-22-40(7)56(66,72-43)53(63)54(64)59-27-14-13-20-46(59)55(65)71-48(37(4)30-41-23-25-47(60)49(31-41)69-8)26-21-35(2)29-39(6)51(62)52(70-9)50(61)38(5)28-34/h10-12,15-19,29,32,34-35,37-38,40-41,43,45-49,51-52,58,60,62,66H,13-14,20-28,30-31,33H2,1-9H3/b12-10+,16-11+,36-17+,39-29+/t34-,35+,37-,38-,40-,41-,43+,45-,46+,47-,48+,49-,51-,52+,56-/m1/s1. The van der Waals surface area contributed by atoms with Gasteiger partial charge in [-0.2, -0.15) is 0 Å². The number of rotatable bonds is 8. The van der Waals surface area contributed by atoms with Gasteiger partial charge < -0.3 is 39.2 Å². The number of hydrogen-bond donors (Lipinski definition) is 4. The van der Waals surface area contributed by atoms with Crippen LogP contribution in [0.3, 0.4) is 0 Å². The van der Waals surface area contributed by atoms with Crippen LogP contribution in [0.25, 0.3) is 0 Å². The molecule has 4 aliphatic rings. The number of carbonyl (C=O) groups is 4. The van der Waals surface area contributed by atoms with Crippen molar-refractivity contribution in [1.29, 1.82) is 0 Å². The molecule has 0 aromatic heterocycles. The number of methoxy groups -OCH3 is 2. The normalized spacial score (nSPS) is 37.4. The van der Waals surface area contributed by atoms with Gasteiger partial charge in [0, 0.05) is 38.6 Å². The van der Waals surface area contributed by atoms with Gasteiger partial charge in [0.1, 0.15) is 30.2 Å². The number of aliphatic hydroxyl groups is 3. The van der Waals surface area contributed by atoms with Gasteiger partial charge in [0.05, 0.1) is 23.2 Å². The Morgan fingerprint density at radius 2 is 1.62 bits per heavy atom. The molecule has 17 heteroatoms. The predicted octanol–water partition coefficient (Wildman–Crippen LogP) is 7.47. The van der Waals surface area contributed by atoms with Crippen molar-refractivity contribution in [3.8, 4) is 0 Å². The molecule has 1 aromatic carbocycles. The second-order valence-electron chi connectivity index (χ2n) is 21.6. The van der Waals surface area contributed by atoms with Crippen molar-refractivity contribution in [2.45, 2.75) is 191 Å². The van der Waals surface area contributed by atoms with Crippen LogP contribution in [0.1, 0.15) is 132 Å². The Hall–Kier alpha value is -3.94. The summed E-state index contributed by atoms with van der Waals surface area (Å²) in [6.45, 7) is 12.9. The molecule has 1 aromatic rings. The van der Waals surface area contributed by atoms with E-state index in [1.807, 2.05) is 45.9 Å². The molecule has 3 heterocycles. The van der Waals surface area contributed by atoms with Gasteiger partial charge in [0.25, 0.3) is 11.7 Å². The van der Waals surface area contributed by atoms with Crippen LogP contribution in [0, 0.1) is 41.3 Å². The Kier molecular flexibility index (Phi) is 22.3. The van der Waals surface area contributed by atoms with Crippen molar-refractivity contribution >= 4 is 33.5 Å². The van der Waals surface area contributed by atoms with Crippen LogP contribution in [0.2, 0.25) is 0 Å². The number of esters is 1. The summed E-state index contributed by atoms with van der Waals surface area (Å²) in [7, 11) is -1.33. The molecular formula is C56H83FN2O13S.